The van der Waals surface area contributed by atoms with E-state index in [4.69, 9.17) is 16.7 Å². The van der Waals surface area contributed by atoms with Gasteiger partial charge in [0.2, 0.25) is 0 Å². The molecule has 1 aromatic carbocycles. The van der Waals surface area contributed by atoms with Crippen molar-refractivity contribution in [3.8, 4) is 0 Å². The summed E-state index contributed by atoms with van der Waals surface area (Å²) in [6.07, 6.45) is 2.39. The van der Waals surface area contributed by atoms with Gasteiger partial charge in [-0.2, -0.15) is 0 Å². The highest BCUT2D eigenvalue weighted by Gasteiger charge is 2.28. The Balaban J connectivity index is 2.25. The monoisotopic (exact) mass is 298 g/mol. The first-order valence-electron chi connectivity index (χ1n) is 6.35. The average molecular weight is 299 g/mol. The molecule has 1 unspecified atom stereocenters. The van der Waals surface area contributed by atoms with Crippen molar-refractivity contribution < 1.29 is 14.8 Å². The minimum absolute atomic E-state index is 0.0552. The number of aromatic carboxylic acids is 1. The van der Waals surface area contributed by atoms with Gasteiger partial charge in [-0.25, -0.2) is 4.79 Å². The molecule has 0 saturated heterocycles. The van der Waals surface area contributed by atoms with Crippen LogP contribution < -0.4 is 5.32 Å². The number of nitrogens with one attached hydrogen (secondary N) is 1. The molecule has 0 heterocycles. The summed E-state index contributed by atoms with van der Waals surface area (Å²) in [5, 5.41) is 23.0. The van der Waals surface area contributed by atoms with Crippen molar-refractivity contribution in [2.24, 2.45) is 11.8 Å². The summed E-state index contributed by atoms with van der Waals surface area (Å²) in [6, 6.07) is 2.19. The summed E-state index contributed by atoms with van der Waals surface area (Å²) < 4.78 is 0. The van der Waals surface area contributed by atoms with Crippen LogP contribution in [0.5, 0.6) is 0 Å². The Morgan fingerprint density at radius 3 is 2.75 bits per heavy atom. The Morgan fingerprint density at radius 1 is 1.60 bits per heavy atom. The molecule has 2 N–H and O–H groups in total. The highest BCUT2D eigenvalue weighted by Crippen LogP contribution is 2.37. The Hall–Kier alpha value is -1.82. The zero-order valence-electron chi connectivity index (χ0n) is 10.9. The van der Waals surface area contributed by atoms with Gasteiger partial charge in [-0.1, -0.05) is 18.5 Å². The van der Waals surface area contributed by atoms with Gasteiger partial charge in [0, 0.05) is 18.7 Å². The molecule has 1 saturated carbocycles. The van der Waals surface area contributed by atoms with Crippen LogP contribution in [0.2, 0.25) is 5.02 Å². The molecule has 1 aromatic rings. The number of benzene rings is 1. The maximum absolute atomic E-state index is 11.2. The highest BCUT2D eigenvalue weighted by molar-refractivity contribution is 6.34. The van der Waals surface area contributed by atoms with Crippen molar-refractivity contribution in [3.05, 3.63) is 32.8 Å². The maximum atomic E-state index is 11.2. The fourth-order valence-corrected chi connectivity index (χ4v) is 2.42. The third-order valence-electron chi connectivity index (χ3n) is 3.54. The Morgan fingerprint density at radius 2 is 2.25 bits per heavy atom. The van der Waals surface area contributed by atoms with Gasteiger partial charge in [0.25, 0.3) is 5.69 Å². The predicted molar refractivity (Wildman–Crippen MR) is 75.4 cm³/mol. The zero-order valence-corrected chi connectivity index (χ0v) is 11.7. The number of anilines is 1. The molecule has 108 valence electrons. The van der Waals surface area contributed by atoms with Crippen LogP contribution in [0, 0.1) is 22.0 Å². The molecule has 0 bridgehead atoms. The van der Waals surface area contributed by atoms with E-state index in [1.54, 1.807) is 0 Å². The first kappa shape index (κ1) is 14.6. The van der Waals surface area contributed by atoms with Crippen LogP contribution in [-0.2, 0) is 0 Å². The van der Waals surface area contributed by atoms with Gasteiger partial charge >= 0.3 is 5.97 Å². The number of nitro groups is 1. The van der Waals surface area contributed by atoms with Crippen LogP contribution in [0.15, 0.2) is 12.1 Å². The Bertz CT molecular complexity index is 558. The van der Waals surface area contributed by atoms with E-state index in [9.17, 15) is 14.9 Å². The number of hydrogen-bond donors (Lipinski definition) is 2. The van der Waals surface area contributed by atoms with Gasteiger partial charge < -0.3 is 10.4 Å². The molecular formula is C13H15ClN2O4. The van der Waals surface area contributed by atoms with E-state index in [2.05, 4.69) is 12.2 Å². The van der Waals surface area contributed by atoms with E-state index in [1.165, 1.54) is 12.8 Å². The molecule has 1 aliphatic carbocycles. The first-order valence-corrected chi connectivity index (χ1v) is 6.73. The van der Waals surface area contributed by atoms with Crippen LogP contribution in [0.1, 0.15) is 30.1 Å². The number of carbonyl (C=O) groups is 1. The van der Waals surface area contributed by atoms with E-state index >= 15 is 0 Å². The summed E-state index contributed by atoms with van der Waals surface area (Å²) in [5.74, 6) is -0.146. The second-order valence-electron chi connectivity index (χ2n) is 5.11. The number of carboxylic acids is 1. The average Bonchev–Trinajstić information content (AvgIpc) is 3.19. The molecule has 1 atom stereocenters. The van der Waals surface area contributed by atoms with Crippen molar-refractivity contribution in [1.82, 2.24) is 0 Å². The number of non-ortho nitro benzene ring substituents is 1. The quantitative estimate of drug-likeness (QED) is 0.620. The van der Waals surface area contributed by atoms with Crippen molar-refractivity contribution in [3.63, 3.8) is 0 Å². The van der Waals surface area contributed by atoms with Gasteiger partial charge in [-0.15, -0.1) is 0 Å². The van der Waals surface area contributed by atoms with Gasteiger partial charge in [-0.3, -0.25) is 10.1 Å². The fourth-order valence-electron chi connectivity index (χ4n) is 2.14. The second-order valence-corrected chi connectivity index (χ2v) is 5.52. The van der Waals surface area contributed by atoms with Crippen LogP contribution in [-0.4, -0.2) is 22.5 Å². The Labute approximate surface area is 120 Å². The standard InChI is InChI=1S/C13H15ClN2O4/c1-7(8-2-3-8)6-15-12-10(13(17)18)4-9(16(19)20)5-11(12)14/h4-5,7-8,15H,2-3,6H2,1H3,(H,17,18). The number of nitro benzene ring substituents is 1. The van der Waals surface area contributed by atoms with Gasteiger partial charge in [0.1, 0.15) is 0 Å². The number of rotatable bonds is 6. The van der Waals surface area contributed by atoms with Gasteiger partial charge in [0.15, 0.2) is 0 Å². The predicted octanol–water partition coefficient (Wildman–Crippen LogP) is 3.40. The summed E-state index contributed by atoms with van der Waals surface area (Å²) >= 11 is 5.97. The van der Waals surface area contributed by atoms with Crippen LogP contribution >= 0.6 is 11.6 Å². The van der Waals surface area contributed by atoms with Crippen molar-refractivity contribution in [2.45, 2.75) is 19.8 Å². The lowest BCUT2D eigenvalue weighted by Gasteiger charge is -2.15. The molecule has 0 aliphatic heterocycles. The van der Waals surface area contributed by atoms with Crippen LogP contribution in [0.4, 0.5) is 11.4 Å². The third-order valence-corrected chi connectivity index (χ3v) is 3.84. The molecule has 1 aliphatic rings. The smallest absolute Gasteiger partial charge is 0.338 e. The molecule has 1 fully saturated rings. The summed E-state index contributed by atoms with van der Waals surface area (Å²) in [4.78, 5) is 21.3. The van der Waals surface area contributed by atoms with Crippen molar-refractivity contribution in [2.75, 3.05) is 11.9 Å². The van der Waals surface area contributed by atoms with Crippen molar-refractivity contribution in [1.29, 1.82) is 0 Å². The van der Waals surface area contributed by atoms with E-state index in [-0.39, 0.29) is 22.0 Å². The first-order chi connectivity index (χ1) is 9.40. The molecule has 6 nitrogen and oxygen atoms in total. The lowest BCUT2D eigenvalue weighted by atomic mass is 10.1. The molecule has 0 spiro atoms. The summed E-state index contributed by atoms with van der Waals surface area (Å²) in [5.41, 5.74) is -0.252. The molecule has 2 rings (SSSR count). The Kier molecular flexibility index (Phi) is 4.13. The van der Waals surface area contributed by atoms with E-state index < -0.39 is 10.9 Å². The largest absolute Gasteiger partial charge is 0.478 e. The number of hydrogen-bond acceptors (Lipinski definition) is 4. The minimum Gasteiger partial charge on any atom is -0.478 e. The van der Waals surface area contributed by atoms with E-state index in [1.807, 2.05) is 0 Å². The SMILES string of the molecule is CC(CNc1c(Cl)cc([N+](=O)[O-])cc1C(=O)O)C1CC1. The lowest BCUT2D eigenvalue weighted by Crippen LogP contribution is -2.15. The molecule has 0 radical (unpaired) electrons. The second kappa shape index (κ2) is 5.66. The van der Waals surface area contributed by atoms with Crippen molar-refractivity contribution >= 4 is 28.9 Å². The molecule has 7 heteroatoms. The third kappa shape index (κ3) is 3.19. The molecule has 20 heavy (non-hydrogen) atoms. The highest BCUT2D eigenvalue weighted by atomic mass is 35.5. The normalized spacial score (nSPS) is 15.7. The van der Waals surface area contributed by atoms with Gasteiger partial charge in [-0.05, 0) is 24.7 Å². The summed E-state index contributed by atoms with van der Waals surface area (Å²) in [7, 11) is 0. The molecular weight excluding hydrogens is 284 g/mol. The summed E-state index contributed by atoms with van der Waals surface area (Å²) in [6.45, 7) is 2.69. The molecule has 0 amide bonds. The van der Waals surface area contributed by atoms with Gasteiger partial charge in [0.05, 0.1) is 21.2 Å². The van der Waals surface area contributed by atoms with E-state index in [0.717, 1.165) is 12.1 Å². The number of nitrogens with zero attached hydrogens (tertiary/aromatic N) is 1. The minimum atomic E-state index is -1.24. The maximum Gasteiger partial charge on any atom is 0.338 e. The van der Waals surface area contributed by atoms with Crippen LogP contribution in [0.3, 0.4) is 0 Å². The zero-order chi connectivity index (χ0) is 14.9. The van der Waals surface area contributed by atoms with E-state index in [0.29, 0.717) is 18.4 Å². The molecule has 0 aromatic heterocycles. The number of halogens is 1. The van der Waals surface area contributed by atoms with Crippen LogP contribution in [0.25, 0.3) is 0 Å². The lowest BCUT2D eigenvalue weighted by molar-refractivity contribution is -0.384. The fraction of sp³-hybridized carbons (Fsp3) is 0.462. The number of carboxylic acid groups (broad SMARTS) is 1. The topological polar surface area (TPSA) is 92.5 Å².